The van der Waals surface area contributed by atoms with E-state index in [0.717, 1.165) is 16.7 Å². The first-order chi connectivity index (χ1) is 13.2. The van der Waals surface area contributed by atoms with Crippen LogP contribution in [0.5, 0.6) is 0 Å². The number of aryl methyl sites for hydroxylation is 1. The van der Waals surface area contributed by atoms with Crippen LogP contribution in [0.15, 0.2) is 84.9 Å². The van der Waals surface area contributed by atoms with Gasteiger partial charge in [-0.05, 0) is 23.6 Å². The lowest BCUT2D eigenvalue weighted by molar-refractivity contribution is -0.122. The fourth-order valence-corrected chi connectivity index (χ4v) is 2.93. The van der Waals surface area contributed by atoms with E-state index in [1.165, 1.54) is 5.56 Å². The average Bonchev–Trinajstić information content (AvgIpc) is 2.72. The first-order valence-corrected chi connectivity index (χ1v) is 9.25. The van der Waals surface area contributed by atoms with Crippen molar-refractivity contribution in [1.82, 2.24) is 5.32 Å². The zero-order chi connectivity index (χ0) is 18.9. The van der Waals surface area contributed by atoms with E-state index in [-0.39, 0.29) is 11.9 Å². The Bertz CT molecular complexity index is 829. The van der Waals surface area contributed by atoms with Gasteiger partial charge in [-0.25, -0.2) is 0 Å². The van der Waals surface area contributed by atoms with Crippen LogP contribution < -0.4 is 5.32 Å². The maximum atomic E-state index is 12.5. The van der Waals surface area contributed by atoms with E-state index in [1.807, 2.05) is 60.7 Å². The Morgan fingerprint density at radius 2 is 1.44 bits per heavy atom. The third-order valence-corrected chi connectivity index (χ3v) is 4.43. The van der Waals surface area contributed by atoms with Crippen LogP contribution in [0.25, 0.3) is 0 Å². The molecule has 0 aliphatic heterocycles. The maximum Gasteiger partial charge on any atom is 0.223 e. The number of hydrogen-bond donors (Lipinski definition) is 1. The van der Waals surface area contributed by atoms with Gasteiger partial charge < -0.3 is 10.1 Å². The van der Waals surface area contributed by atoms with Gasteiger partial charge in [0.05, 0.1) is 19.3 Å². The van der Waals surface area contributed by atoms with Crippen molar-refractivity contribution in [3.8, 4) is 0 Å². The highest BCUT2D eigenvalue weighted by Crippen LogP contribution is 2.22. The largest absolute Gasteiger partial charge is 0.376 e. The molecule has 0 saturated carbocycles. The molecule has 0 spiro atoms. The van der Waals surface area contributed by atoms with E-state index in [2.05, 4.69) is 36.5 Å². The Labute approximate surface area is 161 Å². The van der Waals surface area contributed by atoms with Crippen LogP contribution >= 0.6 is 0 Å². The molecule has 27 heavy (non-hydrogen) atoms. The van der Waals surface area contributed by atoms with Crippen LogP contribution in [0.2, 0.25) is 0 Å². The molecule has 0 fully saturated rings. The second kappa shape index (κ2) is 9.70. The summed E-state index contributed by atoms with van der Waals surface area (Å²) in [6.45, 7) is 2.98. The predicted molar refractivity (Wildman–Crippen MR) is 108 cm³/mol. The minimum Gasteiger partial charge on any atom is -0.376 e. The van der Waals surface area contributed by atoms with Crippen molar-refractivity contribution in [2.24, 2.45) is 0 Å². The van der Waals surface area contributed by atoms with Gasteiger partial charge in [-0.1, -0.05) is 90.5 Å². The van der Waals surface area contributed by atoms with Crippen LogP contribution in [-0.2, 0) is 16.1 Å². The van der Waals surface area contributed by atoms with Gasteiger partial charge in [0.2, 0.25) is 5.91 Å². The quantitative estimate of drug-likeness (QED) is 0.586. The summed E-state index contributed by atoms with van der Waals surface area (Å²) < 4.78 is 5.64. The summed E-state index contributed by atoms with van der Waals surface area (Å²) in [6, 6.07) is 28.1. The number of carbonyl (C=O) groups excluding carboxylic acids is 1. The fraction of sp³-hybridized carbons (Fsp3) is 0.208. The Balaban J connectivity index is 1.58. The molecule has 1 unspecified atom stereocenters. The molecule has 3 heteroatoms. The number of amides is 1. The Morgan fingerprint density at radius 3 is 2.11 bits per heavy atom. The SMILES string of the molecule is Cc1ccc(C(NC(=O)CCOCc2ccccc2)c2ccccc2)cc1. The molecule has 3 rings (SSSR count). The molecule has 1 atom stereocenters. The summed E-state index contributed by atoms with van der Waals surface area (Å²) in [6.07, 6.45) is 0.335. The van der Waals surface area contributed by atoms with E-state index in [9.17, 15) is 4.79 Å². The van der Waals surface area contributed by atoms with Gasteiger partial charge in [0.25, 0.3) is 0 Å². The number of rotatable bonds is 8. The van der Waals surface area contributed by atoms with Crippen LogP contribution in [0.4, 0.5) is 0 Å². The first kappa shape index (κ1) is 18.9. The van der Waals surface area contributed by atoms with E-state index >= 15 is 0 Å². The summed E-state index contributed by atoms with van der Waals surface area (Å²) in [5.74, 6) is -0.0162. The van der Waals surface area contributed by atoms with Crippen LogP contribution in [0.1, 0.15) is 34.7 Å². The van der Waals surface area contributed by atoms with Gasteiger partial charge in [0.1, 0.15) is 0 Å². The summed E-state index contributed by atoms with van der Waals surface area (Å²) in [5, 5.41) is 3.15. The number of carbonyl (C=O) groups is 1. The van der Waals surface area contributed by atoms with Gasteiger partial charge in [-0.3, -0.25) is 4.79 Å². The smallest absolute Gasteiger partial charge is 0.223 e. The van der Waals surface area contributed by atoms with Crippen LogP contribution in [0, 0.1) is 6.92 Å². The fourth-order valence-electron chi connectivity index (χ4n) is 2.93. The predicted octanol–water partition coefficient (Wildman–Crippen LogP) is 4.81. The molecule has 0 aliphatic rings. The van der Waals surface area contributed by atoms with E-state index < -0.39 is 0 Å². The molecular weight excluding hydrogens is 334 g/mol. The van der Waals surface area contributed by atoms with E-state index in [1.54, 1.807) is 0 Å². The highest BCUT2D eigenvalue weighted by molar-refractivity contribution is 5.77. The van der Waals surface area contributed by atoms with Gasteiger partial charge in [0, 0.05) is 6.42 Å². The van der Waals surface area contributed by atoms with Crippen LogP contribution in [0.3, 0.4) is 0 Å². The monoisotopic (exact) mass is 359 g/mol. The van der Waals surface area contributed by atoms with Gasteiger partial charge >= 0.3 is 0 Å². The Morgan fingerprint density at radius 1 is 0.852 bits per heavy atom. The second-order valence-electron chi connectivity index (χ2n) is 6.61. The zero-order valence-electron chi connectivity index (χ0n) is 15.6. The highest BCUT2D eigenvalue weighted by Gasteiger charge is 2.16. The normalized spacial score (nSPS) is 11.7. The molecule has 0 bridgehead atoms. The molecular formula is C24H25NO2. The third kappa shape index (κ3) is 5.80. The maximum absolute atomic E-state index is 12.5. The number of hydrogen-bond acceptors (Lipinski definition) is 2. The van der Waals surface area contributed by atoms with Gasteiger partial charge in [-0.15, -0.1) is 0 Å². The number of ether oxygens (including phenoxy) is 1. The zero-order valence-corrected chi connectivity index (χ0v) is 15.6. The van der Waals surface area contributed by atoms with E-state index in [0.29, 0.717) is 19.6 Å². The minimum atomic E-state index is -0.159. The number of benzene rings is 3. The Hall–Kier alpha value is -2.91. The van der Waals surface area contributed by atoms with Crippen LogP contribution in [-0.4, -0.2) is 12.5 Å². The molecule has 1 N–H and O–H groups in total. The second-order valence-corrected chi connectivity index (χ2v) is 6.61. The molecule has 3 aromatic carbocycles. The van der Waals surface area contributed by atoms with Crippen molar-refractivity contribution >= 4 is 5.91 Å². The van der Waals surface area contributed by atoms with Crippen molar-refractivity contribution in [2.45, 2.75) is 26.0 Å². The summed E-state index contributed by atoms with van der Waals surface area (Å²) in [7, 11) is 0. The summed E-state index contributed by atoms with van der Waals surface area (Å²) in [5.41, 5.74) is 4.45. The standard InChI is InChI=1S/C24H25NO2/c1-19-12-14-22(15-13-19)24(21-10-6-3-7-11-21)25-23(26)16-17-27-18-20-8-4-2-5-9-20/h2-15,24H,16-18H2,1H3,(H,25,26). The van der Waals surface area contributed by atoms with Crippen molar-refractivity contribution in [2.75, 3.05) is 6.61 Å². The van der Waals surface area contributed by atoms with Crippen molar-refractivity contribution in [3.63, 3.8) is 0 Å². The van der Waals surface area contributed by atoms with Crippen molar-refractivity contribution < 1.29 is 9.53 Å². The molecule has 138 valence electrons. The molecule has 1 amide bonds. The molecule has 3 nitrogen and oxygen atoms in total. The lowest BCUT2D eigenvalue weighted by Crippen LogP contribution is -2.30. The highest BCUT2D eigenvalue weighted by atomic mass is 16.5. The average molecular weight is 359 g/mol. The van der Waals surface area contributed by atoms with Crippen molar-refractivity contribution in [3.05, 3.63) is 107 Å². The lowest BCUT2D eigenvalue weighted by Gasteiger charge is -2.20. The van der Waals surface area contributed by atoms with Crippen molar-refractivity contribution in [1.29, 1.82) is 0 Å². The summed E-state index contributed by atoms with van der Waals surface area (Å²) >= 11 is 0. The number of nitrogens with one attached hydrogen (secondary N) is 1. The molecule has 0 saturated heterocycles. The van der Waals surface area contributed by atoms with Gasteiger partial charge in [0.15, 0.2) is 0 Å². The molecule has 0 aliphatic carbocycles. The van der Waals surface area contributed by atoms with Gasteiger partial charge in [-0.2, -0.15) is 0 Å². The minimum absolute atomic E-state index is 0.0162. The van der Waals surface area contributed by atoms with E-state index in [4.69, 9.17) is 4.74 Å². The molecule has 0 aromatic heterocycles. The third-order valence-electron chi connectivity index (χ3n) is 4.43. The Kier molecular flexibility index (Phi) is 6.78. The molecule has 0 heterocycles. The molecule has 3 aromatic rings. The summed E-state index contributed by atoms with van der Waals surface area (Å²) in [4.78, 5) is 12.5. The topological polar surface area (TPSA) is 38.3 Å². The first-order valence-electron chi connectivity index (χ1n) is 9.25. The molecule has 0 radical (unpaired) electrons. The lowest BCUT2D eigenvalue weighted by atomic mass is 9.97.